The predicted octanol–water partition coefficient (Wildman–Crippen LogP) is 2.65. The Morgan fingerprint density at radius 3 is 2.32 bits per heavy atom. The quantitative estimate of drug-likeness (QED) is 0.386. The number of alkyl halides is 6. The summed E-state index contributed by atoms with van der Waals surface area (Å²) in [5, 5.41) is 21.0. The number of thiophene rings is 1. The van der Waals surface area contributed by atoms with Crippen molar-refractivity contribution in [1.29, 1.82) is 5.26 Å². The smallest absolute Gasteiger partial charge is 0.383 e. The molecule has 34 heavy (non-hydrogen) atoms. The van der Waals surface area contributed by atoms with E-state index in [9.17, 15) is 44.7 Å². The molecule has 1 heterocycles. The summed E-state index contributed by atoms with van der Waals surface area (Å²) in [4.78, 5) is 10.2. The lowest BCUT2D eigenvalue weighted by Gasteiger charge is -2.25. The van der Waals surface area contributed by atoms with Crippen molar-refractivity contribution in [3.63, 3.8) is 0 Å². The van der Waals surface area contributed by atoms with Gasteiger partial charge in [-0.15, -0.1) is 11.3 Å². The van der Waals surface area contributed by atoms with Crippen LogP contribution in [-0.2, 0) is 26.6 Å². The molecule has 2 aromatic rings. The largest absolute Gasteiger partial charge is 0.431 e. The number of sulfonamides is 1. The predicted molar refractivity (Wildman–Crippen MR) is 108 cm³/mol. The second-order valence-corrected chi connectivity index (χ2v) is 9.99. The number of nitrogens with zero attached hydrogens (tertiary/aromatic N) is 1. The lowest BCUT2D eigenvalue weighted by molar-refractivity contribution is -0.254. The standard InChI is InChI=1S/C18H16F6N4O4S2/c1-9(8-27-12-3-2-10(7-25)6-11(12)17(19,20)21)28-34(31,32)14-5-4-13(33-14)16(30,15(26)29)18(22,23)24/h2-6,9,27-28,30H,8H2,1H3,(H2,26,29)/t9-,16?/m1/s1. The van der Waals surface area contributed by atoms with Crippen molar-refractivity contribution in [2.45, 2.75) is 35.1 Å². The van der Waals surface area contributed by atoms with Gasteiger partial charge in [-0.1, -0.05) is 0 Å². The topological polar surface area (TPSA) is 145 Å². The summed E-state index contributed by atoms with van der Waals surface area (Å²) in [5.41, 5.74) is -1.25. The van der Waals surface area contributed by atoms with Gasteiger partial charge in [-0.05, 0) is 37.3 Å². The van der Waals surface area contributed by atoms with Gasteiger partial charge in [-0.3, -0.25) is 4.79 Å². The average molecular weight is 530 g/mol. The zero-order valence-corrected chi connectivity index (χ0v) is 18.6. The Hall–Kier alpha value is -2.87. The highest BCUT2D eigenvalue weighted by atomic mass is 32.2. The number of carbonyl (C=O) groups excluding carboxylic acids is 1. The molecule has 0 bridgehead atoms. The maximum Gasteiger partial charge on any atom is 0.431 e. The summed E-state index contributed by atoms with van der Waals surface area (Å²) in [7, 11) is -4.49. The van der Waals surface area contributed by atoms with Gasteiger partial charge in [0.2, 0.25) is 10.0 Å². The molecular weight excluding hydrogens is 514 g/mol. The molecule has 2 rings (SSSR count). The second-order valence-electron chi connectivity index (χ2n) is 6.96. The van der Waals surface area contributed by atoms with Crippen LogP contribution < -0.4 is 15.8 Å². The Morgan fingerprint density at radius 1 is 1.21 bits per heavy atom. The van der Waals surface area contributed by atoms with E-state index in [0.717, 1.165) is 12.1 Å². The van der Waals surface area contributed by atoms with Crippen molar-refractivity contribution in [3.05, 3.63) is 46.3 Å². The molecule has 8 nitrogen and oxygen atoms in total. The van der Waals surface area contributed by atoms with Gasteiger partial charge in [-0.2, -0.15) is 31.6 Å². The molecule has 0 saturated heterocycles. The minimum absolute atomic E-state index is 0.0527. The van der Waals surface area contributed by atoms with Gasteiger partial charge >= 0.3 is 12.4 Å². The highest BCUT2D eigenvalue weighted by molar-refractivity contribution is 7.91. The summed E-state index contributed by atoms with van der Waals surface area (Å²) in [5.74, 6) is -2.15. The van der Waals surface area contributed by atoms with E-state index in [0.29, 0.717) is 18.2 Å². The van der Waals surface area contributed by atoms with Crippen molar-refractivity contribution >= 4 is 33.0 Å². The first-order valence-corrected chi connectivity index (χ1v) is 11.3. The number of primary amides is 1. The fourth-order valence-electron chi connectivity index (χ4n) is 2.69. The van der Waals surface area contributed by atoms with Crippen LogP contribution in [0.4, 0.5) is 32.0 Å². The van der Waals surface area contributed by atoms with E-state index in [4.69, 9.17) is 5.26 Å². The highest BCUT2D eigenvalue weighted by Crippen LogP contribution is 2.42. The number of hydrogen-bond donors (Lipinski definition) is 4. The number of hydrogen-bond acceptors (Lipinski definition) is 7. The van der Waals surface area contributed by atoms with E-state index < -0.39 is 60.3 Å². The number of aliphatic hydroxyl groups is 1. The number of anilines is 1. The van der Waals surface area contributed by atoms with E-state index in [-0.39, 0.29) is 23.4 Å². The van der Waals surface area contributed by atoms with Crippen LogP contribution in [0, 0.1) is 11.3 Å². The van der Waals surface area contributed by atoms with E-state index in [1.54, 1.807) is 6.07 Å². The van der Waals surface area contributed by atoms with Gasteiger partial charge in [0.25, 0.3) is 11.5 Å². The maximum atomic E-state index is 13.2. The highest BCUT2D eigenvalue weighted by Gasteiger charge is 2.61. The van der Waals surface area contributed by atoms with Crippen LogP contribution >= 0.6 is 11.3 Å². The van der Waals surface area contributed by atoms with Crippen LogP contribution in [-0.4, -0.2) is 38.2 Å². The molecule has 5 N–H and O–H groups in total. The van der Waals surface area contributed by atoms with Crippen molar-refractivity contribution in [3.8, 4) is 6.07 Å². The number of nitrogens with one attached hydrogen (secondary N) is 2. The minimum Gasteiger partial charge on any atom is -0.383 e. The minimum atomic E-state index is -5.52. The van der Waals surface area contributed by atoms with E-state index in [1.165, 1.54) is 6.92 Å². The molecule has 1 aromatic carbocycles. The third-order valence-electron chi connectivity index (χ3n) is 4.38. The van der Waals surface area contributed by atoms with Crippen LogP contribution in [0.25, 0.3) is 0 Å². The Balaban J connectivity index is 2.20. The van der Waals surface area contributed by atoms with Crippen molar-refractivity contribution in [1.82, 2.24) is 4.72 Å². The molecule has 0 fully saturated rings. The molecule has 0 saturated carbocycles. The zero-order chi connectivity index (χ0) is 26.1. The molecule has 0 aliphatic heterocycles. The molecular formula is C18H16F6N4O4S2. The molecule has 2 atom stereocenters. The summed E-state index contributed by atoms with van der Waals surface area (Å²) >= 11 is -0.0527. The molecule has 186 valence electrons. The fourth-order valence-corrected chi connectivity index (χ4v) is 5.37. The number of halogens is 6. The molecule has 0 aliphatic carbocycles. The number of amides is 1. The molecule has 1 unspecified atom stereocenters. The van der Waals surface area contributed by atoms with Gasteiger partial charge in [-0.25, -0.2) is 13.1 Å². The van der Waals surface area contributed by atoms with Gasteiger partial charge in [0.1, 0.15) is 4.21 Å². The molecule has 1 aromatic heterocycles. The first-order valence-electron chi connectivity index (χ1n) is 9.00. The van der Waals surface area contributed by atoms with Crippen molar-refractivity contribution in [2.24, 2.45) is 5.73 Å². The third-order valence-corrected chi connectivity index (χ3v) is 7.65. The number of benzene rings is 1. The van der Waals surface area contributed by atoms with E-state index >= 15 is 0 Å². The molecule has 1 amide bonds. The third kappa shape index (κ3) is 5.60. The fraction of sp³-hybridized carbons (Fsp3) is 0.333. The van der Waals surface area contributed by atoms with Gasteiger partial charge < -0.3 is 16.2 Å². The maximum absolute atomic E-state index is 13.2. The van der Waals surface area contributed by atoms with Crippen LogP contribution in [0.5, 0.6) is 0 Å². The average Bonchev–Trinajstić information content (AvgIpc) is 3.21. The van der Waals surface area contributed by atoms with Gasteiger partial charge in [0.05, 0.1) is 22.1 Å². The van der Waals surface area contributed by atoms with E-state index in [1.807, 2.05) is 0 Å². The first kappa shape index (κ1) is 27.4. The lowest BCUT2D eigenvalue weighted by atomic mass is 10.0. The number of nitriles is 1. The molecule has 0 radical (unpaired) electrons. The normalized spacial score (nSPS) is 15.3. The summed E-state index contributed by atoms with van der Waals surface area (Å²) in [6, 6.07) is 4.54. The first-order chi connectivity index (χ1) is 15.4. The van der Waals surface area contributed by atoms with E-state index in [2.05, 4.69) is 15.8 Å². The Bertz CT molecular complexity index is 1220. The van der Waals surface area contributed by atoms with Crippen LogP contribution in [0.1, 0.15) is 22.9 Å². The number of rotatable bonds is 8. The van der Waals surface area contributed by atoms with Crippen LogP contribution in [0.3, 0.4) is 0 Å². The van der Waals surface area contributed by atoms with Crippen molar-refractivity contribution < 1.29 is 44.7 Å². The number of nitrogens with two attached hydrogens (primary N) is 1. The Morgan fingerprint density at radius 2 is 1.82 bits per heavy atom. The summed E-state index contributed by atoms with van der Waals surface area (Å²) in [6.45, 7) is 0.895. The Kier molecular flexibility index (Phi) is 7.57. The number of carbonyl (C=O) groups is 1. The summed E-state index contributed by atoms with van der Waals surface area (Å²) in [6.07, 6.45) is -10.3. The zero-order valence-electron chi connectivity index (χ0n) is 17.0. The van der Waals surface area contributed by atoms with Crippen molar-refractivity contribution in [2.75, 3.05) is 11.9 Å². The molecule has 0 aliphatic rings. The van der Waals surface area contributed by atoms with Gasteiger partial charge in [0, 0.05) is 18.3 Å². The van der Waals surface area contributed by atoms with Crippen LogP contribution in [0.15, 0.2) is 34.5 Å². The SMILES string of the molecule is C[C@H](CNc1ccc(C#N)cc1C(F)(F)F)NS(=O)(=O)c1ccc(C(O)(C(N)=O)C(F)(F)F)s1. The summed E-state index contributed by atoms with van der Waals surface area (Å²) < 4.78 is 106. The second kappa shape index (κ2) is 9.41. The van der Waals surface area contributed by atoms with Gasteiger partial charge in [0.15, 0.2) is 0 Å². The lowest BCUT2D eigenvalue weighted by Crippen LogP contribution is -2.52. The monoisotopic (exact) mass is 530 g/mol. The molecule has 0 spiro atoms. The van der Waals surface area contributed by atoms with Crippen LogP contribution in [0.2, 0.25) is 0 Å². The molecule has 16 heteroatoms. The Labute approximate surface area is 193 Å².